The number of thioether (sulfide) groups is 1. The molecule has 1 heterocycles. The maximum atomic E-state index is 12.9. The summed E-state index contributed by atoms with van der Waals surface area (Å²) in [4.78, 5) is 38.3. The zero-order chi connectivity index (χ0) is 22.9. The number of rotatable bonds is 9. The van der Waals surface area contributed by atoms with E-state index in [1.807, 2.05) is 13.0 Å². The number of nitrogens with one attached hydrogen (secondary N) is 3. The maximum Gasteiger partial charge on any atom is 0.342 e. The fourth-order valence-electron chi connectivity index (χ4n) is 2.75. The second-order valence-electron chi connectivity index (χ2n) is 6.27. The van der Waals surface area contributed by atoms with E-state index in [1.165, 1.54) is 13.3 Å². The highest BCUT2D eigenvalue weighted by Crippen LogP contribution is 2.33. The number of nitrogens with zero attached hydrogens (tertiary/aromatic N) is 2. The van der Waals surface area contributed by atoms with Gasteiger partial charge in [0.25, 0.3) is 11.5 Å². The number of carbonyl (C=O) groups is 1. The monoisotopic (exact) mass is 455 g/mol. The van der Waals surface area contributed by atoms with Gasteiger partial charge in [-0.1, -0.05) is 48.2 Å². The summed E-state index contributed by atoms with van der Waals surface area (Å²) in [5.41, 5.74) is 2.33. The van der Waals surface area contributed by atoms with E-state index in [0.717, 1.165) is 11.8 Å². The van der Waals surface area contributed by atoms with E-state index in [2.05, 4.69) is 25.7 Å². The van der Waals surface area contributed by atoms with E-state index in [9.17, 15) is 14.4 Å². The summed E-state index contributed by atoms with van der Waals surface area (Å²) in [5, 5.41) is 9.05. The molecule has 1 atom stereocenters. The third-order valence-electron chi connectivity index (χ3n) is 4.15. The Morgan fingerprint density at radius 2 is 2.00 bits per heavy atom. The van der Waals surface area contributed by atoms with Crippen molar-refractivity contribution in [2.75, 3.05) is 13.7 Å². The first-order valence-corrected chi connectivity index (χ1v) is 10.4. The summed E-state index contributed by atoms with van der Waals surface area (Å²) < 4.78 is 10.9. The molecule has 3 rings (SSSR count). The number of hydrazone groups is 1. The van der Waals surface area contributed by atoms with E-state index in [1.54, 1.807) is 42.5 Å². The molecule has 0 saturated carbocycles. The minimum absolute atomic E-state index is 0.0518. The molecule has 0 spiro atoms. The summed E-state index contributed by atoms with van der Waals surface area (Å²) in [6.45, 7) is 2.28. The molecule has 0 aliphatic rings. The summed E-state index contributed by atoms with van der Waals surface area (Å²) >= 11 is 0.893. The molecule has 11 heteroatoms. The van der Waals surface area contributed by atoms with Gasteiger partial charge in [-0.2, -0.15) is 10.2 Å². The second-order valence-corrected chi connectivity index (χ2v) is 7.36. The van der Waals surface area contributed by atoms with Crippen LogP contribution in [0.5, 0.6) is 11.5 Å². The molecule has 32 heavy (non-hydrogen) atoms. The molecule has 3 aromatic rings. The molecule has 1 aromatic heterocycles. The van der Waals surface area contributed by atoms with E-state index in [4.69, 9.17) is 9.47 Å². The molecule has 0 aliphatic heterocycles. The topological polar surface area (TPSA) is 139 Å². The highest BCUT2D eigenvalue weighted by molar-refractivity contribution is 8.00. The van der Waals surface area contributed by atoms with Crippen LogP contribution in [0.25, 0.3) is 0 Å². The lowest BCUT2D eigenvalue weighted by atomic mass is 10.1. The fraction of sp³-hybridized carbons (Fsp3) is 0.190. The Balaban J connectivity index is 1.83. The third-order valence-corrected chi connectivity index (χ3v) is 5.37. The van der Waals surface area contributed by atoms with Gasteiger partial charge in [0.1, 0.15) is 5.25 Å². The van der Waals surface area contributed by atoms with E-state index >= 15 is 0 Å². The number of carbonyl (C=O) groups excluding carboxylic acids is 1. The van der Waals surface area contributed by atoms with Crippen LogP contribution in [-0.4, -0.2) is 41.0 Å². The smallest absolute Gasteiger partial charge is 0.342 e. The van der Waals surface area contributed by atoms with Crippen molar-refractivity contribution in [3.8, 4) is 11.5 Å². The Labute approximate surface area is 187 Å². The maximum absolute atomic E-state index is 12.9. The van der Waals surface area contributed by atoms with Crippen LogP contribution < -0.4 is 26.1 Å². The summed E-state index contributed by atoms with van der Waals surface area (Å²) in [5.74, 6) is 0.572. The van der Waals surface area contributed by atoms with Crippen molar-refractivity contribution in [3.05, 3.63) is 80.5 Å². The van der Waals surface area contributed by atoms with Crippen molar-refractivity contribution >= 4 is 23.9 Å². The predicted molar refractivity (Wildman–Crippen MR) is 120 cm³/mol. The number of ether oxygens (including phenoxy) is 2. The number of H-pyrrole nitrogens is 2. The highest BCUT2D eigenvalue weighted by atomic mass is 32.2. The number of aromatic amines is 2. The van der Waals surface area contributed by atoms with Crippen molar-refractivity contribution < 1.29 is 14.3 Å². The summed E-state index contributed by atoms with van der Waals surface area (Å²) in [7, 11) is 1.54. The lowest BCUT2D eigenvalue weighted by Crippen LogP contribution is -2.28. The number of benzene rings is 2. The van der Waals surface area contributed by atoms with Gasteiger partial charge in [0.05, 0.1) is 19.9 Å². The number of methoxy groups -OCH3 is 1. The van der Waals surface area contributed by atoms with Crippen molar-refractivity contribution in [1.82, 2.24) is 20.6 Å². The number of para-hydroxylation sites is 1. The first-order chi connectivity index (χ1) is 15.5. The van der Waals surface area contributed by atoms with Crippen LogP contribution >= 0.6 is 11.8 Å². The van der Waals surface area contributed by atoms with Crippen LogP contribution in [0, 0.1) is 0 Å². The predicted octanol–water partition coefficient (Wildman–Crippen LogP) is 1.85. The Morgan fingerprint density at radius 3 is 2.69 bits per heavy atom. The molecule has 10 nitrogen and oxygen atoms in total. The number of hydrogen-bond donors (Lipinski definition) is 3. The molecular weight excluding hydrogens is 434 g/mol. The largest absolute Gasteiger partial charge is 0.493 e. The Bertz CT molecular complexity index is 1210. The number of amides is 1. The minimum atomic E-state index is -0.843. The first kappa shape index (κ1) is 22.8. The van der Waals surface area contributed by atoms with Gasteiger partial charge >= 0.3 is 5.69 Å². The zero-order valence-electron chi connectivity index (χ0n) is 17.3. The van der Waals surface area contributed by atoms with Gasteiger partial charge in [0.2, 0.25) is 0 Å². The van der Waals surface area contributed by atoms with Crippen LogP contribution in [0.15, 0.2) is 68.2 Å². The Morgan fingerprint density at radius 1 is 1.22 bits per heavy atom. The van der Waals surface area contributed by atoms with Gasteiger partial charge in [-0.15, -0.1) is 0 Å². The average molecular weight is 455 g/mol. The molecule has 3 N–H and O–H groups in total. The highest BCUT2D eigenvalue weighted by Gasteiger charge is 2.24. The van der Waals surface area contributed by atoms with Crippen LogP contribution in [0.4, 0.5) is 0 Å². The minimum Gasteiger partial charge on any atom is -0.493 e. The Kier molecular flexibility index (Phi) is 7.81. The summed E-state index contributed by atoms with van der Waals surface area (Å²) in [6, 6.07) is 14.2. The van der Waals surface area contributed by atoms with Crippen molar-refractivity contribution in [2.45, 2.75) is 17.2 Å². The van der Waals surface area contributed by atoms with Gasteiger partial charge in [-0.05, 0) is 24.6 Å². The molecule has 1 amide bonds. The molecule has 0 radical (unpaired) electrons. The fourth-order valence-corrected chi connectivity index (χ4v) is 3.68. The molecule has 0 bridgehead atoms. The Hall–Kier alpha value is -3.86. The van der Waals surface area contributed by atoms with Gasteiger partial charge in [-0.25, -0.2) is 15.3 Å². The van der Waals surface area contributed by atoms with Crippen LogP contribution in [0.3, 0.4) is 0 Å². The van der Waals surface area contributed by atoms with Gasteiger partial charge in [0, 0.05) is 5.56 Å². The van der Waals surface area contributed by atoms with Crippen LogP contribution in [-0.2, 0) is 4.79 Å². The molecule has 1 unspecified atom stereocenters. The van der Waals surface area contributed by atoms with Crippen molar-refractivity contribution in [3.63, 3.8) is 0 Å². The SMILES string of the molecule is CCOc1c(/C=N\NC(=O)C(Sc2n[nH]c(=O)[nH]c2=O)c2ccccc2)cccc1OC. The van der Waals surface area contributed by atoms with Gasteiger partial charge in [0.15, 0.2) is 16.5 Å². The number of hydrogen-bond acceptors (Lipinski definition) is 8. The lowest BCUT2D eigenvalue weighted by Gasteiger charge is -2.14. The summed E-state index contributed by atoms with van der Waals surface area (Å²) in [6.07, 6.45) is 1.45. The zero-order valence-corrected chi connectivity index (χ0v) is 18.1. The molecule has 166 valence electrons. The molecule has 0 aliphatic carbocycles. The first-order valence-electron chi connectivity index (χ1n) is 9.56. The van der Waals surface area contributed by atoms with Crippen LogP contribution in [0.2, 0.25) is 0 Å². The van der Waals surface area contributed by atoms with Gasteiger partial charge in [-0.3, -0.25) is 14.6 Å². The van der Waals surface area contributed by atoms with Crippen molar-refractivity contribution in [1.29, 1.82) is 0 Å². The lowest BCUT2D eigenvalue weighted by molar-refractivity contribution is -0.120. The molecule has 0 fully saturated rings. The van der Waals surface area contributed by atoms with E-state index < -0.39 is 22.4 Å². The number of aromatic nitrogens is 3. The van der Waals surface area contributed by atoms with Gasteiger partial charge < -0.3 is 9.47 Å². The van der Waals surface area contributed by atoms with Crippen molar-refractivity contribution in [2.24, 2.45) is 5.10 Å². The molecule has 0 saturated heterocycles. The quantitative estimate of drug-likeness (QED) is 0.254. The molecular formula is C21H21N5O5S. The standard InChI is InChI=1S/C21H21N5O5S/c1-3-31-16-14(10-7-11-15(16)30-2)12-22-24-18(27)17(13-8-5-4-6-9-13)32-20-19(28)23-21(29)26-25-20/h4-12,17H,3H2,1-2H3,(H,24,27)(H2,23,26,28,29)/b22-12-. The van der Waals surface area contributed by atoms with Crippen LogP contribution in [0.1, 0.15) is 23.3 Å². The molecule has 2 aromatic carbocycles. The normalized spacial score (nSPS) is 11.8. The second kappa shape index (κ2) is 11.0. The third kappa shape index (κ3) is 5.64. The van der Waals surface area contributed by atoms with E-state index in [0.29, 0.717) is 29.2 Å². The average Bonchev–Trinajstić information content (AvgIpc) is 2.80. The van der Waals surface area contributed by atoms with E-state index in [-0.39, 0.29) is 5.03 Å².